The molecule has 1 aromatic rings. The van der Waals surface area contributed by atoms with Gasteiger partial charge in [-0.05, 0) is 11.6 Å². The highest BCUT2D eigenvalue weighted by Crippen LogP contribution is 1.96. The maximum atomic E-state index is 9.60. The van der Waals surface area contributed by atoms with Crippen LogP contribution >= 0.6 is 0 Å². The van der Waals surface area contributed by atoms with Crippen molar-refractivity contribution in [3.63, 3.8) is 0 Å². The number of H-pyrrole nitrogens is 1. The van der Waals surface area contributed by atoms with Crippen LogP contribution in [0.15, 0.2) is 23.5 Å². The Morgan fingerprint density at radius 2 is 2.67 bits per heavy atom. The fourth-order valence-corrected chi connectivity index (χ4v) is 0.580. The van der Waals surface area contributed by atoms with Crippen molar-refractivity contribution in [2.75, 3.05) is 0 Å². The maximum absolute atomic E-state index is 9.60. The average molecular weight is 122 g/mol. The van der Waals surface area contributed by atoms with Crippen molar-refractivity contribution in [2.45, 2.75) is 6.54 Å². The standard InChI is InChI=1S/C6H6N2O/c9-5-8-4-6-1-2-7-3-6/h1-3,7H,4H2. The number of nitrogens with zero attached hydrogens (tertiary/aromatic N) is 1. The summed E-state index contributed by atoms with van der Waals surface area (Å²) in [5.41, 5.74) is 0.998. The molecule has 0 spiro atoms. The van der Waals surface area contributed by atoms with Crippen LogP contribution in [0.3, 0.4) is 0 Å². The molecule has 1 N–H and O–H groups in total. The van der Waals surface area contributed by atoms with E-state index in [4.69, 9.17) is 0 Å². The first kappa shape index (κ1) is 5.79. The van der Waals surface area contributed by atoms with Gasteiger partial charge in [0.05, 0.1) is 6.54 Å². The summed E-state index contributed by atoms with van der Waals surface area (Å²) >= 11 is 0. The van der Waals surface area contributed by atoms with Gasteiger partial charge in [0, 0.05) is 12.4 Å². The Kier molecular flexibility index (Phi) is 1.83. The van der Waals surface area contributed by atoms with Crippen LogP contribution in [0.4, 0.5) is 0 Å². The Balaban J connectivity index is 2.57. The van der Waals surface area contributed by atoms with E-state index in [2.05, 4.69) is 9.98 Å². The van der Waals surface area contributed by atoms with Crippen molar-refractivity contribution in [2.24, 2.45) is 4.99 Å². The molecule has 3 heteroatoms. The molecule has 0 radical (unpaired) electrons. The summed E-state index contributed by atoms with van der Waals surface area (Å²) in [5, 5.41) is 0. The van der Waals surface area contributed by atoms with Gasteiger partial charge in [0.15, 0.2) is 0 Å². The van der Waals surface area contributed by atoms with Gasteiger partial charge in [0.2, 0.25) is 6.08 Å². The van der Waals surface area contributed by atoms with Crippen molar-refractivity contribution in [1.29, 1.82) is 0 Å². The molecule has 0 fully saturated rings. The number of hydrogen-bond acceptors (Lipinski definition) is 2. The van der Waals surface area contributed by atoms with Crippen LogP contribution in [0.2, 0.25) is 0 Å². The average Bonchev–Trinajstić information content (AvgIpc) is 2.34. The third-order valence-corrected chi connectivity index (χ3v) is 0.989. The molecule has 0 aliphatic heterocycles. The van der Waals surface area contributed by atoms with E-state index in [1.807, 2.05) is 6.07 Å². The van der Waals surface area contributed by atoms with E-state index < -0.39 is 0 Å². The molecule has 1 heterocycles. The molecule has 0 amide bonds. The lowest BCUT2D eigenvalue weighted by Gasteiger charge is -1.80. The zero-order valence-electron chi connectivity index (χ0n) is 4.79. The van der Waals surface area contributed by atoms with Crippen LogP contribution in [0.1, 0.15) is 5.56 Å². The molecule has 0 aliphatic rings. The van der Waals surface area contributed by atoms with Gasteiger partial charge in [-0.2, -0.15) is 0 Å². The molecule has 0 atom stereocenters. The first-order valence-electron chi connectivity index (χ1n) is 2.59. The molecule has 0 saturated carbocycles. The van der Waals surface area contributed by atoms with Gasteiger partial charge >= 0.3 is 0 Å². The lowest BCUT2D eigenvalue weighted by Crippen LogP contribution is -1.72. The molecule has 0 bridgehead atoms. The largest absolute Gasteiger partial charge is 0.367 e. The van der Waals surface area contributed by atoms with Gasteiger partial charge in [0.25, 0.3) is 0 Å². The van der Waals surface area contributed by atoms with Crippen LogP contribution in [0.5, 0.6) is 0 Å². The van der Waals surface area contributed by atoms with Crippen molar-refractivity contribution >= 4 is 6.08 Å². The van der Waals surface area contributed by atoms with Gasteiger partial charge in [-0.15, -0.1) is 0 Å². The third kappa shape index (κ3) is 1.55. The summed E-state index contributed by atoms with van der Waals surface area (Å²) in [7, 11) is 0. The highest BCUT2D eigenvalue weighted by atomic mass is 16.1. The minimum atomic E-state index is 0.424. The van der Waals surface area contributed by atoms with Crippen LogP contribution < -0.4 is 0 Å². The number of aliphatic imine (C=N–C) groups is 1. The molecular weight excluding hydrogens is 116 g/mol. The summed E-state index contributed by atoms with van der Waals surface area (Å²) in [6, 6.07) is 1.86. The number of carbonyl (C=O) groups excluding carboxylic acids is 1. The molecular formula is C6H6N2O. The number of aromatic amines is 1. The van der Waals surface area contributed by atoms with Crippen LogP contribution in [-0.2, 0) is 11.3 Å². The summed E-state index contributed by atoms with van der Waals surface area (Å²) in [6.45, 7) is 0.424. The third-order valence-electron chi connectivity index (χ3n) is 0.989. The minimum absolute atomic E-state index is 0.424. The van der Waals surface area contributed by atoms with E-state index in [9.17, 15) is 4.79 Å². The predicted molar refractivity (Wildman–Crippen MR) is 32.6 cm³/mol. The highest BCUT2D eigenvalue weighted by Gasteiger charge is 1.86. The van der Waals surface area contributed by atoms with E-state index in [1.165, 1.54) is 6.08 Å². The summed E-state index contributed by atoms with van der Waals surface area (Å²) in [5.74, 6) is 0. The number of rotatable bonds is 2. The van der Waals surface area contributed by atoms with Crippen molar-refractivity contribution in [1.82, 2.24) is 4.98 Å². The predicted octanol–water partition coefficient (Wildman–Crippen LogP) is 0.851. The zero-order valence-corrected chi connectivity index (χ0v) is 4.79. The second-order valence-corrected chi connectivity index (χ2v) is 1.63. The Labute approximate surface area is 52.4 Å². The monoisotopic (exact) mass is 122 g/mol. The van der Waals surface area contributed by atoms with Crippen LogP contribution in [0, 0.1) is 0 Å². The molecule has 46 valence electrons. The number of isocyanates is 1. The molecule has 0 saturated heterocycles. The number of aromatic nitrogens is 1. The first-order chi connectivity index (χ1) is 4.43. The van der Waals surface area contributed by atoms with Gasteiger partial charge in [-0.3, -0.25) is 0 Å². The molecule has 9 heavy (non-hydrogen) atoms. The fraction of sp³-hybridized carbons (Fsp3) is 0.167. The zero-order chi connectivity index (χ0) is 6.53. The lowest BCUT2D eigenvalue weighted by molar-refractivity contribution is 0.563. The van der Waals surface area contributed by atoms with E-state index in [0.717, 1.165) is 5.56 Å². The lowest BCUT2D eigenvalue weighted by atomic mass is 10.3. The normalized spacial score (nSPS) is 8.44. The summed E-state index contributed by atoms with van der Waals surface area (Å²) < 4.78 is 0. The van der Waals surface area contributed by atoms with Crippen molar-refractivity contribution in [3.8, 4) is 0 Å². The second-order valence-electron chi connectivity index (χ2n) is 1.63. The Morgan fingerprint density at radius 3 is 3.22 bits per heavy atom. The number of hydrogen-bond donors (Lipinski definition) is 1. The molecule has 0 unspecified atom stereocenters. The SMILES string of the molecule is O=C=NCc1cc[nH]c1. The fourth-order valence-electron chi connectivity index (χ4n) is 0.580. The Morgan fingerprint density at radius 1 is 1.78 bits per heavy atom. The summed E-state index contributed by atoms with van der Waals surface area (Å²) in [6.07, 6.45) is 5.05. The highest BCUT2D eigenvalue weighted by molar-refractivity contribution is 5.33. The molecule has 0 aliphatic carbocycles. The minimum Gasteiger partial charge on any atom is -0.367 e. The topological polar surface area (TPSA) is 45.2 Å². The smallest absolute Gasteiger partial charge is 0.235 e. The molecule has 1 aromatic heterocycles. The maximum Gasteiger partial charge on any atom is 0.235 e. The first-order valence-corrected chi connectivity index (χ1v) is 2.59. The second kappa shape index (κ2) is 2.84. The van der Waals surface area contributed by atoms with E-state index >= 15 is 0 Å². The van der Waals surface area contributed by atoms with Crippen LogP contribution in [0.25, 0.3) is 0 Å². The quantitative estimate of drug-likeness (QED) is 0.458. The van der Waals surface area contributed by atoms with Crippen molar-refractivity contribution < 1.29 is 4.79 Å². The number of nitrogens with one attached hydrogen (secondary N) is 1. The van der Waals surface area contributed by atoms with Crippen LogP contribution in [-0.4, -0.2) is 11.1 Å². The van der Waals surface area contributed by atoms with E-state index in [-0.39, 0.29) is 0 Å². The van der Waals surface area contributed by atoms with E-state index in [0.29, 0.717) is 6.54 Å². The van der Waals surface area contributed by atoms with Crippen molar-refractivity contribution in [3.05, 3.63) is 24.0 Å². The molecule has 1 rings (SSSR count). The van der Waals surface area contributed by atoms with Gasteiger partial charge in [-0.1, -0.05) is 0 Å². The molecule has 3 nitrogen and oxygen atoms in total. The Hall–Kier alpha value is -1.34. The Bertz CT molecular complexity index is 209. The van der Waals surface area contributed by atoms with Gasteiger partial charge in [0.1, 0.15) is 0 Å². The van der Waals surface area contributed by atoms with E-state index in [1.54, 1.807) is 12.4 Å². The summed E-state index contributed by atoms with van der Waals surface area (Å²) in [4.78, 5) is 15.8. The van der Waals surface area contributed by atoms with Gasteiger partial charge < -0.3 is 4.98 Å². The van der Waals surface area contributed by atoms with Gasteiger partial charge in [-0.25, -0.2) is 9.79 Å². The molecule has 0 aromatic carbocycles.